The maximum absolute atomic E-state index is 12.5. The normalized spacial score (nSPS) is 17.3. The van der Waals surface area contributed by atoms with Crippen LogP contribution in [0.1, 0.15) is 17.5 Å². The highest BCUT2D eigenvalue weighted by Gasteiger charge is 2.26. The lowest BCUT2D eigenvalue weighted by Gasteiger charge is -2.21. The van der Waals surface area contributed by atoms with Crippen molar-refractivity contribution in [1.29, 1.82) is 5.26 Å². The van der Waals surface area contributed by atoms with Gasteiger partial charge in [0.15, 0.2) is 0 Å². The molecule has 136 valence electrons. The fraction of sp³-hybridized carbons (Fsp3) is 0.316. The van der Waals surface area contributed by atoms with Gasteiger partial charge in [-0.3, -0.25) is 0 Å². The Hall–Kier alpha value is -2.07. The Labute approximate surface area is 159 Å². The fourth-order valence-corrected chi connectivity index (χ4v) is 4.89. The molecule has 1 atom stereocenters. The molecule has 2 aromatic rings. The summed E-state index contributed by atoms with van der Waals surface area (Å²) in [5.41, 5.74) is 2.75. The summed E-state index contributed by atoms with van der Waals surface area (Å²) < 4.78 is 27.7. The predicted molar refractivity (Wildman–Crippen MR) is 103 cm³/mol. The van der Waals surface area contributed by atoms with Crippen LogP contribution in [-0.2, 0) is 10.0 Å². The number of sulfonamides is 1. The minimum atomic E-state index is -3.70. The van der Waals surface area contributed by atoms with E-state index in [0.717, 1.165) is 19.5 Å². The molecule has 0 spiro atoms. The molecule has 7 heteroatoms. The van der Waals surface area contributed by atoms with Crippen LogP contribution in [0.15, 0.2) is 47.4 Å². The van der Waals surface area contributed by atoms with Crippen molar-refractivity contribution in [2.75, 3.05) is 24.5 Å². The second kappa shape index (κ2) is 7.67. The number of aryl methyl sites for hydroxylation is 1. The molecule has 5 nitrogen and oxygen atoms in total. The van der Waals surface area contributed by atoms with Crippen LogP contribution in [0.4, 0.5) is 5.69 Å². The molecule has 0 bridgehead atoms. The number of hydrogen-bond donors (Lipinski definition) is 1. The molecule has 0 saturated carbocycles. The van der Waals surface area contributed by atoms with Gasteiger partial charge in [0, 0.05) is 25.3 Å². The predicted octanol–water partition coefficient (Wildman–Crippen LogP) is 3.32. The highest BCUT2D eigenvalue weighted by Crippen LogP contribution is 2.27. The zero-order chi connectivity index (χ0) is 18.7. The number of nitrogens with one attached hydrogen (secondary N) is 1. The van der Waals surface area contributed by atoms with Crippen molar-refractivity contribution < 1.29 is 8.42 Å². The molecule has 0 aromatic heterocycles. The molecule has 1 N–H and O–H groups in total. The number of hydrogen-bond acceptors (Lipinski definition) is 4. The lowest BCUT2D eigenvalue weighted by atomic mass is 10.1. The smallest absolute Gasteiger partial charge is 0.242 e. The van der Waals surface area contributed by atoms with Gasteiger partial charge >= 0.3 is 0 Å². The van der Waals surface area contributed by atoms with Gasteiger partial charge in [0.05, 0.1) is 16.7 Å². The molecule has 1 unspecified atom stereocenters. The SMILES string of the molecule is Cc1ccccc1N1CCC(CNS(=O)(=O)c2ccc(C#N)cc2Cl)C1. The first kappa shape index (κ1) is 18.7. The Kier molecular flexibility index (Phi) is 5.52. The molecular formula is C19H20ClN3O2S. The second-order valence-electron chi connectivity index (χ2n) is 6.50. The Balaban J connectivity index is 1.64. The topological polar surface area (TPSA) is 73.2 Å². The molecule has 2 aromatic carbocycles. The number of nitriles is 1. The van der Waals surface area contributed by atoms with E-state index >= 15 is 0 Å². The van der Waals surface area contributed by atoms with Crippen molar-refractivity contribution >= 4 is 27.3 Å². The van der Waals surface area contributed by atoms with Gasteiger partial charge in [-0.15, -0.1) is 0 Å². The van der Waals surface area contributed by atoms with Gasteiger partial charge in [0.2, 0.25) is 10.0 Å². The highest BCUT2D eigenvalue weighted by molar-refractivity contribution is 7.89. The summed E-state index contributed by atoms with van der Waals surface area (Å²) in [6, 6.07) is 14.3. The quantitative estimate of drug-likeness (QED) is 0.851. The first-order chi connectivity index (χ1) is 12.4. The summed E-state index contributed by atoms with van der Waals surface area (Å²) in [6.45, 7) is 4.17. The molecule has 1 saturated heterocycles. The largest absolute Gasteiger partial charge is 0.371 e. The van der Waals surface area contributed by atoms with Crippen LogP contribution >= 0.6 is 11.6 Å². The van der Waals surface area contributed by atoms with Gasteiger partial charge in [0.25, 0.3) is 0 Å². The van der Waals surface area contributed by atoms with E-state index in [0.29, 0.717) is 12.1 Å². The zero-order valence-corrected chi connectivity index (χ0v) is 16.0. The zero-order valence-electron chi connectivity index (χ0n) is 14.4. The van der Waals surface area contributed by atoms with Crippen LogP contribution in [0.2, 0.25) is 5.02 Å². The lowest BCUT2D eigenvalue weighted by Crippen LogP contribution is -2.31. The lowest BCUT2D eigenvalue weighted by molar-refractivity contribution is 0.541. The van der Waals surface area contributed by atoms with E-state index in [2.05, 4.69) is 28.7 Å². The minimum absolute atomic E-state index is 0.00641. The van der Waals surface area contributed by atoms with Crippen molar-refractivity contribution in [2.45, 2.75) is 18.2 Å². The van der Waals surface area contributed by atoms with E-state index in [-0.39, 0.29) is 15.8 Å². The van der Waals surface area contributed by atoms with Gasteiger partial charge in [0.1, 0.15) is 4.90 Å². The fourth-order valence-electron chi connectivity index (χ4n) is 3.23. The second-order valence-corrected chi connectivity index (χ2v) is 8.64. The van der Waals surface area contributed by atoms with Gasteiger partial charge in [-0.1, -0.05) is 29.8 Å². The first-order valence-electron chi connectivity index (χ1n) is 8.40. The molecule has 26 heavy (non-hydrogen) atoms. The summed E-state index contributed by atoms with van der Waals surface area (Å²) in [5, 5.41) is 8.92. The Morgan fingerprint density at radius 3 is 2.77 bits per heavy atom. The van der Waals surface area contributed by atoms with E-state index in [1.54, 1.807) is 0 Å². The third-order valence-corrected chi connectivity index (χ3v) is 6.56. The van der Waals surface area contributed by atoms with Crippen LogP contribution in [0.25, 0.3) is 0 Å². The van der Waals surface area contributed by atoms with Gasteiger partial charge in [-0.2, -0.15) is 5.26 Å². The van der Waals surface area contributed by atoms with E-state index in [9.17, 15) is 8.42 Å². The van der Waals surface area contributed by atoms with Crippen LogP contribution in [-0.4, -0.2) is 28.1 Å². The van der Waals surface area contributed by atoms with Crippen molar-refractivity contribution in [1.82, 2.24) is 4.72 Å². The van der Waals surface area contributed by atoms with E-state index in [4.69, 9.17) is 16.9 Å². The van der Waals surface area contributed by atoms with Crippen LogP contribution in [0.5, 0.6) is 0 Å². The Bertz CT molecular complexity index is 953. The molecule has 1 fully saturated rings. The van der Waals surface area contributed by atoms with Crippen molar-refractivity contribution in [3.8, 4) is 6.07 Å². The number of benzene rings is 2. The molecule has 0 radical (unpaired) electrons. The number of rotatable bonds is 5. The molecule has 1 aliphatic rings. The maximum atomic E-state index is 12.5. The van der Waals surface area contributed by atoms with Crippen molar-refractivity contribution in [3.05, 3.63) is 58.6 Å². The summed E-state index contributed by atoms with van der Waals surface area (Å²) in [4.78, 5) is 2.30. The molecule has 1 heterocycles. The standard InChI is InChI=1S/C19H20ClN3O2S/c1-14-4-2-3-5-18(14)23-9-8-16(13-23)12-22-26(24,25)19-7-6-15(11-21)10-17(19)20/h2-7,10,16,22H,8-9,12-13H2,1H3. The number of anilines is 1. The summed E-state index contributed by atoms with van der Waals surface area (Å²) in [6.07, 6.45) is 0.929. The minimum Gasteiger partial charge on any atom is -0.371 e. The highest BCUT2D eigenvalue weighted by atomic mass is 35.5. The van der Waals surface area contributed by atoms with E-state index in [1.165, 1.54) is 29.4 Å². The van der Waals surface area contributed by atoms with Crippen LogP contribution < -0.4 is 9.62 Å². The average Bonchev–Trinajstić information content (AvgIpc) is 3.09. The number of para-hydroxylation sites is 1. The first-order valence-corrected chi connectivity index (χ1v) is 10.3. The van der Waals surface area contributed by atoms with Gasteiger partial charge < -0.3 is 4.90 Å². The van der Waals surface area contributed by atoms with Gasteiger partial charge in [-0.05, 0) is 49.1 Å². The Morgan fingerprint density at radius 2 is 2.08 bits per heavy atom. The average molecular weight is 390 g/mol. The molecule has 0 aliphatic carbocycles. The molecule has 0 amide bonds. The molecule has 1 aliphatic heterocycles. The summed E-state index contributed by atoms with van der Waals surface area (Å²) in [7, 11) is -3.70. The monoisotopic (exact) mass is 389 g/mol. The van der Waals surface area contributed by atoms with Crippen molar-refractivity contribution in [3.63, 3.8) is 0 Å². The van der Waals surface area contributed by atoms with E-state index < -0.39 is 10.0 Å². The third kappa shape index (κ3) is 4.01. The van der Waals surface area contributed by atoms with E-state index in [1.807, 2.05) is 18.2 Å². The third-order valence-electron chi connectivity index (χ3n) is 4.65. The maximum Gasteiger partial charge on any atom is 0.242 e. The summed E-state index contributed by atoms with van der Waals surface area (Å²) in [5.74, 6) is 0.238. The molecular weight excluding hydrogens is 370 g/mol. The summed E-state index contributed by atoms with van der Waals surface area (Å²) >= 11 is 6.03. The van der Waals surface area contributed by atoms with Gasteiger partial charge in [-0.25, -0.2) is 13.1 Å². The number of nitrogens with zero attached hydrogens (tertiary/aromatic N) is 2. The number of halogens is 1. The van der Waals surface area contributed by atoms with Crippen molar-refractivity contribution in [2.24, 2.45) is 5.92 Å². The molecule has 3 rings (SSSR count). The van der Waals surface area contributed by atoms with Crippen LogP contribution in [0, 0.1) is 24.2 Å². The Morgan fingerprint density at radius 1 is 1.31 bits per heavy atom. The van der Waals surface area contributed by atoms with Crippen LogP contribution in [0.3, 0.4) is 0 Å².